The number of anilines is 1. The summed E-state index contributed by atoms with van der Waals surface area (Å²) in [6.07, 6.45) is 0. The highest BCUT2D eigenvalue weighted by atomic mass is 15.2. The van der Waals surface area contributed by atoms with E-state index in [2.05, 4.69) is 39.8 Å². The van der Waals surface area contributed by atoms with E-state index in [1.165, 1.54) is 11.3 Å². The van der Waals surface area contributed by atoms with Crippen LogP contribution in [0.5, 0.6) is 0 Å². The van der Waals surface area contributed by atoms with Crippen molar-refractivity contribution in [2.24, 2.45) is 0 Å². The fourth-order valence-corrected chi connectivity index (χ4v) is 1.90. The van der Waals surface area contributed by atoms with Gasteiger partial charge in [0.25, 0.3) is 0 Å². The maximum atomic E-state index is 3.37. The van der Waals surface area contributed by atoms with Crippen LogP contribution in [0.3, 0.4) is 0 Å². The molecule has 2 N–H and O–H groups in total. The third-order valence-electron chi connectivity index (χ3n) is 2.86. The first-order chi connectivity index (χ1) is 7.38. The van der Waals surface area contributed by atoms with Crippen LogP contribution in [-0.4, -0.2) is 38.1 Å². The van der Waals surface area contributed by atoms with Crippen molar-refractivity contribution in [3.8, 4) is 0 Å². The molecule has 0 amide bonds. The average Bonchev–Trinajstić information content (AvgIpc) is 2.31. The molecule has 1 fully saturated rings. The Morgan fingerprint density at radius 1 is 1.20 bits per heavy atom. The van der Waals surface area contributed by atoms with Crippen LogP contribution in [0.25, 0.3) is 0 Å². The summed E-state index contributed by atoms with van der Waals surface area (Å²) in [6, 6.07) is 8.68. The Labute approximate surface area is 91.5 Å². The molecule has 0 radical (unpaired) electrons. The largest absolute Gasteiger partial charge is 0.388 e. The summed E-state index contributed by atoms with van der Waals surface area (Å²) >= 11 is 0. The van der Waals surface area contributed by atoms with Crippen LogP contribution in [-0.2, 0) is 6.54 Å². The molecule has 2 rings (SSSR count). The van der Waals surface area contributed by atoms with E-state index < -0.39 is 0 Å². The Bertz CT molecular complexity index is 288. The van der Waals surface area contributed by atoms with Crippen molar-refractivity contribution in [3.05, 3.63) is 29.8 Å². The summed E-state index contributed by atoms with van der Waals surface area (Å²) in [5, 5.41) is 6.50. The second-order valence-corrected chi connectivity index (χ2v) is 3.97. The summed E-state index contributed by atoms with van der Waals surface area (Å²) < 4.78 is 0. The minimum absolute atomic E-state index is 1.08. The van der Waals surface area contributed by atoms with Gasteiger partial charge in [0.15, 0.2) is 0 Å². The molecule has 1 aliphatic heterocycles. The second kappa shape index (κ2) is 5.14. The van der Waals surface area contributed by atoms with E-state index in [1.54, 1.807) is 0 Å². The number of piperazine rings is 1. The van der Waals surface area contributed by atoms with Crippen LogP contribution in [0.2, 0.25) is 0 Å². The lowest BCUT2D eigenvalue weighted by Crippen LogP contribution is -2.42. The van der Waals surface area contributed by atoms with Gasteiger partial charge >= 0.3 is 0 Å². The third kappa shape index (κ3) is 2.94. The zero-order chi connectivity index (χ0) is 10.5. The third-order valence-corrected chi connectivity index (χ3v) is 2.86. The quantitative estimate of drug-likeness (QED) is 0.774. The van der Waals surface area contributed by atoms with Crippen molar-refractivity contribution in [3.63, 3.8) is 0 Å². The van der Waals surface area contributed by atoms with E-state index >= 15 is 0 Å². The lowest BCUT2D eigenvalue weighted by molar-refractivity contribution is 0.233. The molecule has 1 saturated heterocycles. The first-order valence-electron chi connectivity index (χ1n) is 5.58. The van der Waals surface area contributed by atoms with Crippen LogP contribution in [0, 0.1) is 0 Å². The fraction of sp³-hybridized carbons (Fsp3) is 0.500. The minimum atomic E-state index is 1.08. The van der Waals surface area contributed by atoms with Gasteiger partial charge in [-0.15, -0.1) is 0 Å². The number of hydrogen-bond acceptors (Lipinski definition) is 3. The van der Waals surface area contributed by atoms with Crippen molar-refractivity contribution in [2.75, 3.05) is 38.5 Å². The normalized spacial score (nSPS) is 17.7. The molecule has 1 aliphatic rings. The van der Waals surface area contributed by atoms with Gasteiger partial charge in [-0.2, -0.15) is 0 Å². The number of rotatable bonds is 3. The highest BCUT2D eigenvalue weighted by Crippen LogP contribution is 2.10. The van der Waals surface area contributed by atoms with Gasteiger partial charge in [-0.05, 0) is 17.7 Å². The van der Waals surface area contributed by atoms with Crippen molar-refractivity contribution in [1.82, 2.24) is 10.2 Å². The molecule has 0 aromatic heterocycles. The van der Waals surface area contributed by atoms with Crippen molar-refractivity contribution in [2.45, 2.75) is 6.54 Å². The monoisotopic (exact) mass is 205 g/mol. The maximum Gasteiger partial charge on any atom is 0.0337 e. The maximum absolute atomic E-state index is 3.37. The van der Waals surface area contributed by atoms with Gasteiger partial charge in [0.2, 0.25) is 0 Å². The molecule has 0 saturated carbocycles. The van der Waals surface area contributed by atoms with Gasteiger partial charge in [-0.1, -0.05) is 12.1 Å². The predicted octanol–water partition coefficient (Wildman–Crippen LogP) is 1.13. The molecule has 0 aliphatic carbocycles. The van der Waals surface area contributed by atoms with Crippen LogP contribution in [0.4, 0.5) is 5.69 Å². The van der Waals surface area contributed by atoms with Gasteiger partial charge in [0.1, 0.15) is 0 Å². The number of hydrogen-bond donors (Lipinski definition) is 2. The van der Waals surface area contributed by atoms with E-state index in [0.717, 1.165) is 32.7 Å². The fourth-order valence-electron chi connectivity index (χ4n) is 1.90. The smallest absolute Gasteiger partial charge is 0.0337 e. The van der Waals surface area contributed by atoms with E-state index in [-0.39, 0.29) is 0 Å². The summed E-state index contributed by atoms with van der Waals surface area (Å²) in [5.41, 5.74) is 2.58. The van der Waals surface area contributed by atoms with Crippen LogP contribution in [0.15, 0.2) is 24.3 Å². The number of nitrogens with zero attached hydrogens (tertiary/aromatic N) is 1. The molecule has 0 atom stereocenters. The zero-order valence-corrected chi connectivity index (χ0v) is 9.29. The summed E-state index contributed by atoms with van der Waals surface area (Å²) in [4.78, 5) is 2.49. The Morgan fingerprint density at radius 2 is 1.87 bits per heavy atom. The Kier molecular flexibility index (Phi) is 3.59. The van der Waals surface area contributed by atoms with Gasteiger partial charge in [0.05, 0.1) is 0 Å². The molecule has 1 heterocycles. The molecule has 3 nitrogen and oxygen atoms in total. The van der Waals surface area contributed by atoms with Gasteiger partial charge in [-0.25, -0.2) is 0 Å². The van der Waals surface area contributed by atoms with E-state index in [1.807, 2.05) is 7.05 Å². The molecule has 0 unspecified atom stereocenters. The van der Waals surface area contributed by atoms with E-state index in [4.69, 9.17) is 0 Å². The van der Waals surface area contributed by atoms with Crippen LogP contribution >= 0.6 is 0 Å². The molecule has 15 heavy (non-hydrogen) atoms. The molecule has 1 aromatic carbocycles. The SMILES string of the molecule is CNc1ccc(CN2CCNCC2)cc1. The Balaban J connectivity index is 1.91. The van der Waals surface area contributed by atoms with Crippen molar-refractivity contribution < 1.29 is 0 Å². The van der Waals surface area contributed by atoms with Gasteiger partial charge in [0, 0.05) is 45.5 Å². The zero-order valence-electron chi connectivity index (χ0n) is 9.29. The van der Waals surface area contributed by atoms with E-state index in [0.29, 0.717) is 0 Å². The number of nitrogens with one attached hydrogen (secondary N) is 2. The van der Waals surface area contributed by atoms with Crippen molar-refractivity contribution in [1.29, 1.82) is 0 Å². The molecular formula is C12H19N3. The molecule has 0 bridgehead atoms. The first kappa shape index (κ1) is 10.5. The molecule has 0 spiro atoms. The number of benzene rings is 1. The summed E-state index contributed by atoms with van der Waals surface area (Å²) in [7, 11) is 1.95. The van der Waals surface area contributed by atoms with E-state index in [9.17, 15) is 0 Å². The summed E-state index contributed by atoms with van der Waals surface area (Å²) in [6.45, 7) is 5.64. The van der Waals surface area contributed by atoms with Crippen molar-refractivity contribution >= 4 is 5.69 Å². The first-order valence-corrected chi connectivity index (χ1v) is 5.58. The van der Waals surface area contributed by atoms with Crippen LogP contribution in [0.1, 0.15) is 5.56 Å². The minimum Gasteiger partial charge on any atom is -0.388 e. The lowest BCUT2D eigenvalue weighted by atomic mass is 10.2. The van der Waals surface area contributed by atoms with Gasteiger partial charge < -0.3 is 10.6 Å². The predicted molar refractivity (Wildman–Crippen MR) is 64.1 cm³/mol. The van der Waals surface area contributed by atoms with Crippen LogP contribution < -0.4 is 10.6 Å². The molecule has 82 valence electrons. The Hall–Kier alpha value is -1.06. The second-order valence-electron chi connectivity index (χ2n) is 3.97. The standard InChI is InChI=1S/C12H19N3/c1-13-12-4-2-11(3-5-12)10-15-8-6-14-7-9-15/h2-5,13-14H,6-10H2,1H3. The molecule has 3 heteroatoms. The topological polar surface area (TPSA) is 27.3 Å². The van der Waals surface area contributed by atoms with Gasteiger partial charge in [-0.3, -0.25) is 4.90 Å². The Morgan fingerprint density at radius 3 is 2.47 bits per heavy atom. The lowest BCUT2D eigenvalue weighted by Gasteiger charge is -2.27. The highest BCUT2D eigenvalue weighted by molar-refractivity contribution is 5.43. The molecule has 1 aromatic rings. The average molecular weight is 205 g/mol. The molecular weight excluding hydrogens is 186 g/mol. The summed E-state index contributed by atoms with van der Waals surface area (Å²) in [5.74, 6) is 0. The highest BCUT2D eigenvalue weighted by Gasteiger charge is 2.09.